The number of fused-ring (bicyclic) bond motifs is 4. The molecule has 1 N–H and O–H groups in total. The Hall–Kier alpha value is -1.95. The molecule has 6 heteroatoms. The summed E-state index contributed by atoms with van der Waals surface area (Å²) in [6.45, 7) is 7.41. The van der Waals surface area contributed by atoms with Crippen LogP contribution < -0.4 is 5.32 Å². The van der Waals surface area contributed by atoms with Crippen molar-refractivity contribution in [2.75, 3.05) is 26.2 Å². The number of hydrogen-bond donors (Lipinski definition) is 1. The van der Waals surface area contributed by atoms with Gasteiger partial charge in [-0.3, -0.25) is 9.59 Å². The quantitative estimate of drug-likeness (QED) is 0.864. The lowest BCUT2D eigenvalue weighted by Gasteiger charge is -2.56. The second kappa shape index (κ2) is 7.82. The predicted octanol–water partition coefficient (Wildman–Crippen LogP) is 2.59. The van der Waals surface area contributed by atoms with Gasteiger partial charge in [-0.2, -0.15) is 0 Å². The fourth-order valence-corrected chi connectivity index (χ4v) is 5.48. The zero-order valence-electron chi connectivity index (χ0n) is 16.8. The lowest BCUT2D eigenvalue weighted by molar-refractivity contribution is -0.152. The lowest BCUT2D eigenvalue weighted by atomic mass is 9.72. The fraction of sp³-hybridized carbons (Fsp3) is 0.636. The summed E-state index contributed by atoms with van der Waals surface area (Å²) in [5.41, 5.74) is 0.929. The summed E-state index contributed by atoms with van der Waals surface area (Å²) in [5, 5.41) is 3.03. The molecule has 2 amide bonds. The first-order valence-electron chi connectivity index (χ1n) is 10.6. The van der Waals surface area contributed by atoms with Gasteiger partial charge < -0.3 is 15.1 Å². The lowest BCUT2D eigenvalue weighted by Crippen LogP contribution is -2.67. The molecule has 0 spiro atoms. The van der Waals surface area contributed by atoms with Crippen molar-refractivity contribution in [2.24, 2.45) is 11.8 Å². The Labute approximate surface area is 166 Å². The van der Waals surface area contributed by atoms with Gasteiger partial charge in [-0.15, -0.1) is 0 Å². The summed E-state index contributed by atoms with van der Waals surface area (Å²) in [6.07, 6.45) is 3.81. The summed E-state index contributed by atoms with van der Waals surface area (Å²) in [5.74, 6) is 0.683. The minimum Gasteiger partial charge on any atom is -0.350 e. The van der Waals surface area contributed by atoms with E-state index in [0.29, 0.717) is 42.0 Å². The van der Waals surface area contributed by atoms with Crippen LogP contribution in [-0.2, 0) is 4.79 Å². The number of rotatable bonds is 4. The molecule has 28 heavy (non-hydrogen) atoms. The highest BCUT2D eigenvalue weighted by Crippen LogP contribution is 2.41. The van der Waals surface area contributed by atoms with E-state index >= 15 is 0 Å². The van der Waals surface area contributed by atoms with Crippen LogP contribution in [0.3, 0.4) is 0 Å². The van der Waals surface area contributed by atoms with Gasteiger partial charge in [0, 0.05) is 37.7 Å². The van der Waals surface area contributed by atoms with Crippen LogP contribution in [0.1, 0.15) is 48.5 Å². The Balaban J connectivity index is 1.51. The Bertz CT molecular complexity index is 768. The Kier molecular flexibility index (Phi) is 5.41. The van der Waals surface area contributed by atoms with E-state index in [1.165, 1.54) is 12.1 Å². The fourth-order valence-electron chi connectivity index (χ4n) is 5.48. The molecule has 3 fully saturated rings. The third-order valence-corrected chi connectivity index (χ3v) is 6.91. The van der Waals surface area contributed by atoms with Crippen molar-refractivity contribution in [3.05, 3.63) is 35.1 Å². The van der Waals surface area contributed by atoms with Crippen LogP contribution in [0, 0.1) is 24.6 Å². The Morgan fingerprint density at radius 2 is 2.07 bits per heavy atom. The van der Waals surface area contributed by atoms with Crippen LogP contribution in [-0.4, -0.2) is 59.9 Å². The predicted molar refractivity (Wildman–Crippen MR) is 105 cm³/mol. The topological polar surface area (TPSA) is 52.7 Å². The molecular formula is C22H30FN3O2. The smallest absolute Gasteiger partial charge is 0.251 e. The minimum atomic E-state index is -0.307. The SMILES string of the molecule is CCN1C[C@H]2C[C@@H](C1)[C@H](CNC(=O)c1ccc(F)c(C)c1)N1C(=O)CCC[C@@H]21. The van der Waals surface area contributed by atoms with E-state index in [0.717, 1.165) is 38.9 Å². The number of likely N-dealkylation sites (tertiary alicyclic amines) is 1. The molecule has 0 saturated carbocycles. The van der Waals surface area contributed by atoms with Gasteiger partial charge in [0.15, 0.2) is 0 Å². The van der Waals surface area contributed by atoms with E-state index in [-0.39, 0.29) is 23.7 Å². The molecule has 152 valence electrons. The van der Waals surface area contributed by atoms with E-state index in [4.69, 9.17) is 0 Å². The minimum absolute atomic E-state index is 0.0499. The number of halogens is 1. The monoisotopic (exact) mass is 387 g/mol. The van der Waals surface area contributed by atoms with E-state index < -0.39 is 0 Å². The number of piperidine rings is 3. The highest BCUT2D eigenvalue weighted by atomic mass is 19.1. The molecule has 0 aromatic heterocycles. The van der Waals surface area contributed by atoms with Gasteiger partial charge in [0.2, 0.25) is 5.91 Å². The standard InChI is InChI=1S/C22H30FN3O2/c1-3-25-12-16-10-17(13-25)20(26-19(16)5-4-6-21(26)27)11-24-22(28)15-7-8-18(23)14(2)9-15/h7-9,16-17,19-20H,3-6,10-13H2,1-2H3,(H,24,28)/t16-,17+,19+,20+/m1/s1. The Morgan fingerprint density at radius 3 is 2.82 bits per heavy atom. The maximum atomic E-state index is 13.5. The Morgan fingerprint density at radius 1 is 1.29 bits per heavy atom. The maximum absolute atomic E-state index is 13.5. The molecule has 3 aliphatic rings. The van der Waals surface area contributed by atoms with Crippen molar-refractivity contribution in [1.82, 2.24) is 15.1 Å². The summed E-state index contributed by atoms with van der Waals surface area (Å²) in [4.78, 5) is 30.0. The van der Waals surface area contributed by atoms with Crippen LogP contribution >= 0.6 is 0 Å². The maximum Gasteiger partial charge on any atom is 0.251 e. The zero-order valence-corrected chi connectivity index (χ0v) is 16.8. The molecule has 4 atom stereocenters. The van der Waals surface area contributed by atoms with Crippen LogP contribution in [0.15, 0.2) is 18.2 Å². The number of benzene rings is 1. The molecule has 3 heterocycles. The van der Waals surface area contributed by atoms with Gasteiger partial charge in [0.05, 0.1) is 6.04 Å². The highest BCUT2D eigenvalue weighted by molar-refractivity contribution is 5.94. The van der Waals surface area contributed by atoms with Gasteiger partial charge in [-0.25, -0.2) is 4.39 Å². The molecule has 1 aromatic rings. The number of carbonyl (C=O) groups excluding carboxylic acids is 2. The third-order valence-electron chi connectivity index (χ3n) is 6.91. The summed E-state index contributed by atoms with van der Waals surface area (Å²) >= 11 is 0. The van der Waals surface area contributed by atoms with Gasteiger partial charge >= 0.3 is 0 Å². The molecule has 3 aliphatic heterocycles. The zero-order chi connectivity index (χ0) is 19.8. The molecule has 0 aliphatic carbocycles. The number of nitrogens with zero attached hydrogens (tertiary/aromatic N) is 2. The van der Waals surface area contributed by atoms with Crippen LogP contribution in [0.2, 0.25) is 0 Å². The van der Waals surface area contributed by atoms with Crippen molar-refractivity contribution in [3.8, 4) is 0 Å². The van der Waals surface area contributed by atoms with E-state index in [2.05, 4.69) is 22.0 Å². The molecular weight excluding hydrogens is 357 g/mol. The van der Waals surface area contributed by atoms with Gasteiger partial charge in [0.1, 0.15) is 5.82 Å². The van der Waals surface area contributed by atoms with Crippen molar-refractivity contribution in [1.29, 1.82) is 0 Å². The molecule has 0 unspecified atom stereocenters. The third kappa shape index (κ3) is 3.54. The van der Waals surface area contributed by atoms with E-state index in [9.17, 15) is 14.0 Å². The van der Waals surface area contributed by atoms with Crippen molar-refractivity contribution < 1.29 is 14.0 Å². The molecule has 5 nitrogen and oxygen atoms in total. The number of carbonyl (C=O) groups is 2. The first-order chi connectivity index (χ1) is 13.5. The van der Waals surface area contributed by atoms with Crippen molar-refractivity contribution in [3.63, 3.8) is 0 Å². The molecule has 0 radical (unpaired) electrons. The molecule has 4 rings (SSSR count). The normalized spacial score (nSPS) is 30.1. The second-order valence-corrected chi connectivity index (χ2v) is 8.61. The molecule has 3 saturated heterocycles. The van der Waals surface area contributed by atoms with Crippen molar-refractivity contribution in [2.45, 2.75) is 51.6 Å². The first-order valence-corrected chi connectivity index (χ1v) is 10.6. The number of hydrogen-bond acceptors (Lipinski definition) is 3. The summed E-state index contributed by atoms with van der Waals surface area (Å²) < 4.78 is 13.5. The summed E-state index contributed by atoms with van der Waals surface area (Å²) in [7, 11) is 0. The number of amides is 2. The van der Waals surface area contributed by atoms with Crippen LogP contribution in [0.5, 0.6) is 0 Å². The van der Waals surface area contributed by atoms with Crippen molar-refractivity contribution >= 4 is 11.8 Å². The number of aryl methyl sites for hydroxylation is 1. The van der Waals surface area contributed by atoms with Crippen LogP contribution in [0.4, 0.5) is 4.39 Å². The second-order valence-electron chi connectivity index (χ2n) is 8.61. The highest BCUT2D eigenvalue weighted by Gasteiger charge is 2.49. The van der Waals surface area contributed by atoms with Gasteiger partial charge in [0.25, 0.3) is 5.91 Å². The van der Waals surface area contributed by atoms with Gasteiger partial charge in [-0.1, -0.05) is 6.92 Å². The molecule has 1 aromatic carbocycles. The number of nitrogens with one attached hydrogen (secondary N) is 1. The average Bonchev–Trinajstić information content (AvgIpc) is 2.70. The summed E-state index contributed by atoms with van der Waals surface area (Å²) in [6, 6.07) is 4.79. The largest absolute Gasteiger partial charge is 0.350 e. The van der Waals surface area contributed by atoms with E-state index in [1.54, 1.807) is 13.0 Å². The first kappa shape index (κ1) is 19.4. The average molecular weight is 387 g/mol. The molecule has 2 bridgehead atoms. The van der Waals surface area contributed by atoms with Crippen LogP contribution in [0.25, 0.3) is 0 Å². The van der Waals surface area contributed by atoms with E-state index in [1.807, 2.05) is 0 Å². The van der Waals surface area contributed by atoms with Gasteiger partial charge in [-0.05, 0) is 68.3 Å².